The van der Waals surface area contributed by atoms with Crippen LogP contribution in [0, 0.1) is 0 Å². The standard InChI is InChI=1S/C11H10N4O3/c1-17-9-5-12-3-7(14-9)11(16)8-4-13-6-10(15-8)18-2/h3-6H,1-2H3. The number of methoxy groups -OCH3 is 2. The van der Waals surface area contributed by atoms with Gasteiger partial charge in [-0.25, -0.2) is 9.97 Å². The zero-order valence-corrected chi connectivity index (χ0v) is 9.82. The van der Waals surface area contributed by atoms with E-state index >= 15 is 0 Å². The fourth-order valence-corrected chi connectivity index (χ4v) is 1.24. The predicted molar refractivity (Wildman–Crippen MR) is 60.6 cm³/mol. The first kappa shape index (κ1) is 11.9. The zero-order valence-electron chi connectivity index (χ0n) is 9.82. The Bertz CT molecular complexity index is 524. The molecule has 0 aliphatic heterocycles. The Morgan fingerprint density at radius 1 is 0.889 bits per heavy atom. The molecule has 0 bridgehead atoms. The summed E-state index contributed by atoms with van der Waals surface area (Å²) >= 11 is 0. The lowest BCUT2D eigenvalue weighted by molar-refractivity contribution is 0.102. The molecule has 0 atom stereocenters. The summed E-state index contributed by atoms with van der Waals surface area (Å²) in [6.07, 6.45) is 5.50. The Kier molecular flexibility index (Phi) is 3.42. The highest BCUT2D eigenvalue weighted by Crippen LogP contribution is 2.10. The van der Waals surface area contributed by atoms with Crippen molar-refractivity contribution >= 4 is 5.78 Å². The second kappa shape index (κ2) is 5.17. The third-order valence-electron chi connectivity index (χ3n) is 2.11. The van der Waals surface area contributed by atoms with Crippen LogP contribution >= 0.6 is 0 Å². The number of ketones is 1. The summed E-state index contributed by atoms with van der Waals surface area (Å²) in [5.41, 5.74) is 0.272. The molecule has 0 unspecified atom stereocenters. The highest BCUT2D eigenvalue weighted by atomic mass is 16.5. The van der Waals surface area contributed by atoms with E-state index in [4.69, 9.17) is 9.47 Å². The van der Waals surface area contributed by atoms with Gasteiger partial charge in [-0.2, -0.15) is 0 Å². The van der Waals surface area contributed by atoms with Gasteiger partial charge in [0.25, 0.3) is 0 Å². The van der Waals surface area contributed by atoms with E-state index in [2.05, 4.69) is 19.9 Å². The maximum atomic E-state index is 12.1. The first-order valence-electron chi connectivity index (χ1n) is 5.01. The van der Waals surface area contributed by atoms with Crippen molar-refractivity contribution in [3.63, 3.8) is 0 Å². The van der Waals surface area contributed by atoms with Crippen LogP contribution in [0.25, 0.3) is 0 Å². The van der Waals surface area contributed by atoms with Crippen LogP contribution in [-0.4, -0.2) is 39.9 Å². The Labute approximate surface area is 103 Å². The van der Waals surface area contributed by atoms with Crippen molar-refractivity contribution in [1.29, 1.82) is 0 Å². The predicted octanol–water partition coefficient (Wildman–Crippen LogP) is 0.515. The highest BCUT2D eigenvalue weighted by Gasteiger charge is 2.14. The molecule has 7 nitrogen and oxygen atoms in total. The number of hydrogen-bond donors (Lipinski definition) is 0. The van der Waals surface area contributed by atoms with Crippen LogP contribution in [-0.2, 0) is 0 Å². The maximum absolute atomic E-state index is 12.1. The molecule has 2 rings (SSSR count). The van der Waals surface area contributed by atoms with Gasteiger partial charge in [0, 0.05) is 0 Å². The van der Waals surface area contributed by atoms with Crippen LogP contribution in [0.1, 0.15) is 16.2 Å². The van der Waals surface area contributed by atoms with Gasteiger partial charge in [0.05, 0.1) is 39.0 Å². The Morgan fingerprint density at radius 3 is 1.72 bits per heavy atom. The van der Waals surface area contributed by atoms with E-state index in [0.29, 0.717) is 0 Å². The molecule has 0 fully saturated rings. The van der Waals surface area contributed by atoms with Gasteiger partial charge in [-0.05, 0) is 0 Å². The van der Waals surface area contributed by atoms with Crippen molar-refractivity contribution in [1.82, 2.24) is 19.9 Å². The van der Waals surface area contributed by atoms with Crippen molar-refractivity contribution < 1.29 is 14.3 Å². The van der Waals surface area contributed by atoms with Crippen molar-refractivity contribution in [3.8, 4) is 11.8 Å². The first-order chi connectivity index (χ1) is 8.74. The van der Waals surface area contributed by atoms with Gasteiger partial charge in [0.2, 0.25) is 17.5 Å². The fourth-order valence-electron chi connectivity index (χ4n) is 1.24. The lowest BCUT2D eigenvalue weighted by Crippen LogP contribution is -2.08. The number of carbonyl (C=O) groups is 1. The molecule has 0 radical (unpaired) electrons. The molecule has 0 amide bonds. The second-order valence-corrected chi connectivity index (χ2v) is 3.22. The van der Waals surface area contributed by atoms with Gasteiger partial charge in [-0.3, -0.25) is 14.8 Å². The normalized spacial score (nSPS) is 9.89. The minimum absolute atomic E-state index is 0.136. The van der Waals surface area contributed by atoms with E-state index in [9.17, 15) is 4.79 Å². The number of hydrogen-bond acceptors (Lipinski definition) is 7. The van der Waals surface area contributed by atoms with Crippen LogP contribution in [0.2, 0.25) is 0 Å². The molecule has 92 valence electrons. The average molecular weight is 246 g/mol. The summed E-state index contributed by atoms with van der Waals surface area (Å²) in [6, 6.07) is 0. The molecule has 0 aliphatic carbocycles. The molecule has 2 aromatic heterocycles. The molecular formula is C11H10N4O3. The monoisotopic (exact) mass is 246 g/mol. The van der Waals surface area contributed by atoms with E-state index in [0.717, 1.165) is 0 Å². The quantitative estimate of drug-likeness (QED) is 0.726. The zero-order chi connectivity index (χ0) is 13.0. The summed E-state index contributed by atoms with van der Waals surface area (Å²) in [5, 5.41) is 0. The number of carbonyl (C=O) groups excluding carboxylic acids is 1. The minimum atomic E-state index is -0.396. The van der Waals surface area contributed by atoms with Crippen molar-refractivity contribution in [2.75, 3.05) is 14.2 Å². The van der Waals surface area contributed by atoms with Crippen molar-refractivity contribution in [2.45, 2.75) is 0 Å². The lowest BCUT2D eigenvalue weighted by atomic mass is 10.2. The number of ether oxygens (including phenoxy) is 2. The van der Waals surface area contributed by atoms with Gasteiger partial charge in [-0.1, -0.05) is 0 Å². The van der Waals surface area contributed by atoms with Crippen molar-refractivity contribution in [2.24, 2.45) is 0 Å². The van der Waals surface area contributed by atoms with Crippen molar-refractivity contribution in [3.05, 3.63) is 36.2 Å². The van der Waals surface area contributed by atoms with Crippen LogP contribution in [0.15, 0.2) is 24.8 Å². The second-order valence-electron chi connectivity index (χ2n) is 3.22. The molecule has 0 spiro atoms. The van der Waals surface area contributed by atoms with Crippen LogP contribution in [0.3, 0.4) is 0 Å². The summed E-state index contributed by atoms with van der Waals surface area (Å²) in [6.45, 7) is 0. The molecule has 0 aromatic carbocycles. The summed E-state index contributed by atoms with van der Waals surface area (Å²) in [4.78, 5) is 27.7. The third kappa shape index (κ3) is 2.40. The lowest BCUT2D eigenvalue weighted by Gasteiger charge is -2.03. The Morgan fingerprint density at radius 2 is 1.33 bits per heavy atom. The van der Waals surface area contributed by atoms with Gasteiger partial charge < -0.3 is 9.47 Å². The first-order valence-corrected chi connectivity index (χ1v) is 5.01. The van der Waals surface area contributed by atoms with E-state index < -0.39 is 5.78 Å². The molecule has 0 aliphatic rings. The van der Waals surface area contributed by atoms with Crippen LogP contribution in [0.4, 0.5) is 0 Å². The molecule has 2 heterocycles. The van der Waals surface area contributed by atoms with E-state index in [1.807, 2.05) is 0 Å². The number of rotatable bonds is 4. The summed E-state index contributed by atoms with van der Waals surface area (Å²) < 4.78 is 9.80. The van der Waals surface area contributed by atoms with E-state index in [1.165, 1.54) is 39.0 Å². The largest absolute Gasteiger partial charge is 0.480 e. The van der Waals surface area contributed by atoms with Gasteiger partial charge >= 0.3 is 0 Å². The van der Waals surface area contributed by atoms with Crippen LogP contribution < -0.4 is 9.47 Å². The van der Waals surface area contributed by atoms with Gasteiger partial charge in [0.15, 0.2) is 0 Å². The SMILES string of the molecule is COc1cncc(C(=O)c2cncc(OC)n2)n1. The summed E-state index contributed by atoms with van der Waals surface area (Å²) in [5.74, 6) is 0.126. The number of nitrogens with zero attached hydrogens (tertiary/aromatic N) is 4. The molecule has 2 aromatic rings. The Hall–Kier alpha value is -2.57. The summed E-state index contributed by atoms with van der Waals surface area (Å²) in [7, 11) is 2.90. The molecule has 0 saturated heterocycles. The molecule has 0 N–H and O–H groups in total. The third-order valence-corrected chi connectivity index (χ3v) is 2.11. The van der Waals surface area contributed by atoms with E-state index in [-0.39, 0.29) is 23.1 Å². The highest BCUT2D eigenvalue weighted by molar-refractivity contribution is 6.06. The fraction of sp³-hybridized carbons (Fsp3) is 0.182. The molecule has 0 saturated carbocycles. The van der Waals surface area contributed by atoms with Gasteiger partial charge in [0.1, 0.15) is 11.4 Å². The van der Waals surface area contributed by atoms with E-state index in [1.54, 1.807) is 0 Å². The minimum Gasteiger partial charge on any atom is -0.480 e. The molecule has 18 heavy (non-hydrogen) atoms. The number of aromatic nitrogens is 4. The smallest absolute Gasteiger partial charge is 0.233 e. The maximum Gasteiger partial charge on any atom is 0.233 e. The van der Waals surface area contributed by atoms with Gasteiger partial charge in [-0.15, -0.1) is 0 Å². The average Bonchev–Trinajstić information content (AvgIpc) is 2.46. The molecular weight excluding hydrogens is 236 g/mol. The topological polar surface area (TPSA) is 87.1 Å². The Balaban J connectivity index is 2.34. The van der Waals surface area contributed by atoms with Crippen LogP contribution in [0.5, 0.6) is 11.8 Å². The molecule has 7 heteroatoms.